The third kappa shape index (κ3) is 7.39. The maximum atomic E-state index is 7.12. The molecule has 0 fully saturated rings. The topological polar surface area (TPSA) is 26.1 Å². The van der Waals surface area contributed by atoms with Gasteiger partial charge in [-0.1, -0.05) is 142 Å². The Morgan fingerprint density at radius 1 is 0.356 bits per heavy atom. The van der Waals surface area contributed by atoms with Gasteiger partial charge >= 0.3 is 0 Å². The Balaban J connectivity index is 1.23. The molecule has 3 heterocycles. The molecule has 6 heteroatoms. The smallest absolute Gasteiger partial charge is 0.252 e. The highest BCUT2D eigenvalue weighted by Crippen LogP contribution is 2.55. The number of hydrogen-bond acceptors (Lipinski definition) is 5. The van der Waals surface area contributed by atoms with Crippen molar-refractivity contribution in [2.45, 2.75) is 48.5 Å². The van der Waals surface area contributed by atoms with Crippen LogP contribution in [0.2, 0.25) is 0 Å². The fraction of sp³-hybridized carbons (Fsp3) is 0.104. The van der Waals surface area contributed by atoms with Crippen LogP contribution in [-0.2, 0) is 0 Å². The van der Waals surface area contributed by atoms with Crippen LogP contribution in [0.5, 0.6) is 0 Å². The minimum atomic E-state index is -0.186. The molecule has 13 rings (SSSR count). The Morgan fingerprint density at radius 3 is 1.32 bits per heavy atom. The zero-order valence-electron chi connectivity index (χ0n) is 42.4. The molecule has 73 heavy (non-hydrogen) atoms. The number of rotatable bonds is 8. The average molecular weight is 943 g/mol. The van der Waals surface area contributed by atoms with Crippen molar-refractivity contribution < 1.29 is 4.42 Å². The van der Waals surface area contributed by atoms with Crippen molar-refractivity contribution in [2.24, 2.45) is 0 Å². The summed E-state index contributed by atoms with van der Waals surface area (Å²) >= 11 is 0. The SMILES string of the molecule is Cc1ccc(N(c2ccc(C)cc2)c2cc3c4c(c2)N(c2ccc(C)cc2)c2c(cc5oc6ccccc6c5c2N(c2ccc(C)cc2)c2ccc(C)cc2)B4c2cc(C)ccc2N3c2ccc(C)cc2)cc1. The zero-order valence-corrected chi connectivity index (χ0v) is 42.4. The maximum absolute atomic E-state index is 7.12. The van der Waals surface area contributed by atoms with Crippen molar-refractivity contribution in [1.82, 2.24) is 0 Å². The number of nitrogens with zero attached hydrogens (tertiary/aromatic N) is 4. The molecule has 0 spiro atoms. The van der Waals surface area contributed by atoms with Crippen molar-refractivity contribution in [2.75, 3.05) is 19.6 Å². The summed E-state index contributed by atoms with van der Waals surface area (Å²) in [4.78, 5) is 10.0. The second-order valence-electron chi connectivity index (χ2n) is 20.4. The highest BCUT2D eigenvalue weighted by Gasteiger charge is 2.46. The van der Waals surface area contributed by atoms with Crippen molar-refractivity contribution in [3.8, 4) is 0 Å². The molecule has 0 saturated carbocycles. The lowest BCUT2D eigenvalue weighted by Crippen LogP contribution is -2.61. The molecule has 0 saturated heterocycles. The average Bonchev–Trinajstić information content (AvgIpc) is 3.77. The van der Waals surface area contributed by atoms with Crippen LogP contribution >= 0.6 is 0 Å². The van der Waals surface area contributed by atoms with E-state index in [9.17, 15) is 0 Å². The summed E-state index contributed by atoms with van der Waals surface area (Å²) in [6.07, 6.45) is 0. The van der Waals surface area contributed by atoms with Gasteiger partial charge < -0.3 is 24.0 Å². The Labute approximate surface area is 428 Å². The number of para-hydroxylation sites is 1. The molecule has 2 aliphatic heterocycles. The first-order chi connectivity index (χ1) is 35.6. The van der Waals surface area contributed by atoms with E-state index >= 15 is 0 Å². The van der Waals surface area contributed by atoms with E-state index in [1.807, 2.05) is 0 Å². The Hall–Kier alpha value is -8.74. The van der Waals surface area contributed by atoms with Crippen molar-refractivity contribution in [3.05, 3.63) is 245 Å². The highest BCUT2D eigenvalue weighted by atomic mass is 16.3. The van der Waals surface area contributed by atoms with Gasteiger partial charge in [0.05, 0.1) is 22.4 Å². The van der Waals surface area contributed by atoms with Crippen LogP contribution in [0.4, 0.5) is 68.2 Å². The summed E-state index contributed by atoms with van der Waals surface area (Å²) in [6, 6.07) is 76.9. The Bertz CT molecular complexity index is 3830. The lowest BCUT2D eigenvalue weighted by atomic mass is 9.33. The van der Waals surface area contributed by atoms with E-state index < -0.39 is 0 Å². The van der Waals surface area contributed by atoms with E-state index in [0.717, 1.165) is 90.2 Å². The molecule has 0 unspecified atom stereocenters. The summed E-state index contributed by atoms with van der Waals surface area (Å²) in [7, 11) is 0. The van der Waals surface area contributed by atoms with Gasteiger partial charge in [-0.2, -0.15) is 0 Å². The molecule has 0 radical (unpaired) electrons. The van der Waals surface area contributed by atoms with Crippen molar-refractivity contribution in [3.63, 3.8) is 0 Å². The minimum absolute atomic E-state index is 0.186. The number of aryl methyl sites for hydroxylation is 7. The number of furan rings is 1. The van der Waals surface area contributed by atoms with Gasteiger partial charge in [0, 0.05) is 56.6 Å². The Kier molecular flexibility index (Phi) is 10.4. The summed E-state index contributed by atoms with van der Waals surface area (Å²) in [5.74, 6) is 0. The lowest BCUT2D eigenvalue weighted by Gasteiger charge is -2.46. The van der Waals surface area contributed by atoms with Gasteiger partial charge in [-0.3, -0.25) is 0 Å². The molecule has 10 aromatic carbocycles. The normalized spacial score (nSPS) is 12.5. The van der Waals surface area contributed by atoms with Crippen LogP contribution < -0.4 is 36.0 Å². The first kappa shape index (κ1) is 44.2. The van der Waals surface area contributed by atoms with Crippen LogP contribution in [0, 0.1) is 48.5 Å². The van der Waals surface area contributed by atoms with Crippen LogP contribution in [0.3, 0.4) is 0 Å². The van der Waals surface area contributed by atoms with E-state index in [2.05, 4.69) is 274 Å². The summed E-state index contributed by atoms with van der Waals surface area (Å²) in [6.45, 7) is 15.0. The predicted molar refractivity (Wildman–Crippen MR) is 310 cm³/mol. The second kappa shape index (κ2) is 17.2. The van der Waals surface area contributed by atoms with Gasteiger partial charge in [-0.15, -0.1) is 0 Å². The number of fused-ring (bicyclic) bond motifs is 7. The van der Waals surface area contributed by atoms with E-state index in [0.29, 0.717) is 0 Å². The number of benzene rings is 10. The van der Waals surface area contributed by atoms with Gasteiger partial charge in [-0.25, -0.2) is 0 Å². The predicted octanol–water partition coefficient (Wildman–Crippen LogP) is 16.8. The first-order valence-electron chi connectivity index (χ1n) is 25.4. The largest absolute Gasteiger partial charge is 0.456 e. The monoisotopic (exact) mass is 942 g/mol. The van der Waals surface area contributed by atoms with Gasteiger partial charge in [0.1, 0.15) is 11.2 Å². The van der Waals surface area contributed by atoms with Gasteiger partial charge in [-0.05, 0) is 168 Å². The van der Waals surface area contributed by atoms with E-state index in [1.165, 1.54) is 55.3 Å². The fourth-order valence-corrected chi connectivity index (χ4v) is 11.4. The molecule has 0 amide bonds. The third-order valence-electron chi connectivity index (χ3n) is 15.0. The maximum Gasteiger partial charge on any atom is 0.252 e. The van der Waals surface area contributed by atoms with Gasteiger partial charge in [0.15, 0.2) is 0 Å². The molecular weight excluding hydrogens is 888 g/mol. The van der Waals surface area contributed by atoms with Crippen LogP contribution in [0.25, 0.3) is 21.9 Å². The summed E-state index contributed by atoms with van der Waals surface area (Å²) in [5.41, 5.74) is 26.9. The standard InChI is InChI=1S/C67H55BN4O/c1-42-12-25-49(26-13-42)69(50-27-14-43(2)15-28-50)55-39-60-65-61(40-55)72(54-35-22-47(6)23-36-54)66-58(68(65)57-38-48(7)24-37-59(57)71(60)53-33-20-46(5)21-34-53)41-63-64(56-10-8-9-11-62(56)73-63)67(66)70(51-29-16-44(3)17-30-51)52-31-18-45(4)19-32-52/h8-41H,1-7H3. The summed E-state index contributed by atoms with van der Waals surface area (Å²) in [5, 5.41) is 2.13. The lowest BCUT2D eigenvalue weighted by molar-refractivity contribution is 0.669. The molecule has 1 aromatic heterocycles. The molecule has 5 nitrogen and oxygen atoms in total. The van der Waals surface area contributed by atoms with E-state index in [4.69, 9.17) is 4.42 Å². The highest BCUT2D eigenvalue weighted by molar-refractivity contribution is 7.00. The zero-order chi connectivity index (χ0) is 49.6. The van der Waals surface area contributed by atoms with Crippen LogP contribution in [0.1, 0.15) is 38.9 Å². The minimum Gasteiger partial charge on any atom is -0.456 e. The van der Waals surface area contributed by atoms with Crippen molar-refractivity contribution in [1.29, 1.82) is 0 Å². The van der Waals surface area contributed by atoms with Crippen LogP contribution in [-0.4, -0.2) is 6.71 Å². The van der Waals surface area contributed by atoms with E-state index in [-0.39, 0.29) is 6.71 Å². The molecular formula is C67H55BN4O. The molecule has 11 aromatic rings. The van der Waals surface area contributed by atoms with Gasteiger partial charge in [0.2, 0.25) is 0 Å². The molecule has 0 bridgehead atoms. The van der Waals surface area contributed by atoms with E-state index in [1.54, 1.807) is 0 Å². The first-order valence-corrected chi connectivity index (χ1v) is 25.4. The molecule has 0 atom stereocenters. The van der Waals surface area contributed by atoms with Crippen LogP contribution in [0.15, 0.2) is 211 Å². The molecule has 0 N–H and O–H groups in total. The Morgan fingerprint density at radius 2 is 0.795 bits per heavy atom. The fourth-order valence-electron chi connectivity index (χ4n) is 11.4. The number of hydrogen-bond donors (Lipinski definition) is 0. The molecule has 352 valence electrons. The number of anilines is 12. The molecule has 2 aliphatic rings. The summed E-state index contributed by atoms with van der Waals surface area (Å²) < 4.78 is 7.12. The molecule has 0 aliphatic carbocycles. The quantitative estimate of drug-likeness (QED) is 0.141. The third-order valence-corrected chi connectivity index (χ3v) is 15.0. The second-order valence-corrected chi connectivity index (χ2v) is 20.4. The van der Waals surface area contributed by atoms with Gasteiger partial charge in [0.25, 0.3) is 6.71 Å². The van der Waals surface area contributed by atoms with Crippen molar-refractivity contribution >= 4 is 113 Å².